The Balaban J connectivity index is 2.01. The summed E-state index contributed by atoms with van der Waals surface area (Å²) in [7, 11) is 0. The molecule has 0 aliphatic carbocycles. The normalized spacial score (nSPS) is 12.4. The molecule has 0 spiro atoms. The molecule has 0 fully saturated rings. The third kappa shape index (κ3) is 5.17. The Labute approximate surface area is 140 Å². The number of halogens is 1. The Hall–Kier alpha value is -0.770. The molecule has 2 aromatic rings. The molecule has 1 unspecified atom stereocenters. The van der Waals surface area contributed by atoms with Crippen LogP contribution >= 0.6 is 27.7 Å². The van der Waals surface area contributed by atoms with Crippen LogP contribution in [0.4, 0.5) is 0 Å². The first-order chi connectivity index (χ1) is 10.1. The predicted octanol–water partition coefficient (Wildman–Crippen LogP) is 5.33. The number of hydrogen-bond donors (Lipinski definition) is 1. The molecule has 0 amide bonds. The SMILES string of the molecule is CCC(N)Cc1ccc(SCc2cccc(C)c2)c(Br)c1. The third-order valence-electron chi connectivity index (χ3n) is 3.50. The van der Waals surface area contributed by atoms with E-state index in [2.05, 4.69) is 72.2 Å². The first-order valence-corrected chi connectivity index (χ1v) is 9.08. The molecule has 21 heavy (non-hydrogen) atoms. The van der Waals surface area contributed by atoms with E-state index in [1.807, 2.05) is 11.8 Å². The monoisotopic (exact) mass is 363 g/mol. The first-order valence-electron chi connectivity index (χ1n) is 7.31. The summed E-state index contributed by atoms with van der Waals surface area (Å²) in [6.45, 7) is 4.27. The second-order valence-corrected chi connectivity index (χ2v) is 7.29. The van der Waals surface area contributed by atoms with Gasteiger partial charge in [0.1, 0.15) is 0 Å². The van der Waals surface area contributed by atoms with E-state index in [1.54, 1.807) is 0 Å². The van der Waals surface area contributed by atoms with Crippen molar-refractivity contribution in [3.8, 4) is 0 Å². The summed E-state index contributed by atoms with van der Waals surface area (Å²) in [5, 5.41) is 0. The van der Waals surface area contributed by atoms with Crippen LogP contribution in [0.15, 0.2) is 51.8 Å². The summed E-state index contributed by atoms with van der Waals surface area (Å²) in [4.78, 5) is 1.28. The molecule has 0 saturated carbocycles. The van der Waals surface area contributed by atoms with E-state index in [0.29, 0.717) is 0 Å². The Morgan fingerprint density at radius 2 is 1.95 bits per heavy atom. The lowest BCUT2D eigenvalue weighted by Crippen LogP contribution is -2.21. The number of thioether (sulfide) groups is 1. The minimum atomic E-state index is 0.252. The molecule has 0 bridgehead atoms. The molecule has 2 N–H and O–H groups in total. The molecule has 0 aromatic heterocycles. The number of aryl methyl sites for hydroxylation is 1. The second-order valence-electron chi connectivity index (χ2n) is 5.41. The van der Waals surface area contributed by atoms with Crippen LogP contribution in [0.3, 0.4) is 0 Å². The molecule has 0 heterocycles. The van der Waals surface area contributed by atoms with Crippen molar-refractivity contribution < 1.29 is 0 Å². The van der Waals surface area contributed by atoms with Crippen LogP contribution in [0, 0.1) is 6.92 Å². The van der Waals surface area contributed by atoms with Gasteiger partial charge in [0.05, 0.1) is 0 Å². The van der Waals surface area contributed by atoms with Gasteiger partial charge in [0.15, 0.2) is 0 Å². The summed E-state index contributed by atoms with van der Waals surface area (Å²) in [6.07, 6.45) is 1.96. The fourth-order valence-corrected chi connectivity index (χ4v) is 3.83. The van der Waals surface area contributed by atoms with Crippen LogP contribution < -0.4 is 5.73 Å². The Morgan fingerprint density at radius 1 is 1.14 bits per heavy atom. The smallest absolute Gasteiger partial charge is 0.0314 e. The Morgan fingerprint density at radius 3 is 2.62 bits per heavy atom. The predicted molar refractivity (Wildman–Crippen MR) is 96.9 cm³/mol. The second kappa shape index (κ2) is 8.02. The van der Waals surface area contributed by atoms with Crippen LogP contribution in [0.25, 0.3) is 0 Å². The summed E-state index contributed by atoms with van der Waals surface area (Å²) >= 11 is 5.55. The maximum atomic E-state index is 6.02. The van der Waals surface area contributed by atoms with E-state index in [-0.39, 0.29) is 6.04 Å². The zero-order chi connectivity index (χ0) is 15.2. The van der Waals surface area contributed by atoms with Gasteiger partial charge in [0.25, 0.3) is 0 Å². The molecular formula is C18H22BrNS. The van der Waals surface area contributed by atoms with Gasteiger partial charge >= 0.3 is 0 Å². The van der Waals surface area contributed by atoms with Gasteiger partial charge in [-0.25, -0.2) is 0 Å². The average Bonchev–Trinajstić information content (AvgIpc) is 2.46. The lowest BCUT2D eigenvalue weighted by molar-refractivity contribution is 0.646. The average molecular weight is 364 g/mol. The van der Waals surface area contributed by atoms with Crippen molar-refractivity contribution in [3.05, 3.63) is 63.6 Å². The lowest BCUT2D eigenvalue weighted by Gasteiger charge is -2.11. The van der Waals surface area contributed by atoms with Crippen molar-refractivity contribution in [2.75, 3.05) is 0 Å². The molecule has 0 aliphatic rings. The van der Waals surface area contributed by atoms with Crippen molar-refractivity contribution in [1.29, 1.82) is 0 Å². The van der Waals surface area contributed by atoms with Crippen LogP contribution in [0.1, 0.15) is 30.0 Å². The van der Waals surface area contributed by atoms with Crippen LogP contribution in [0.2, 0.25) is 0 Å². The van der Waals surface area contributed by atoms with Gasteiger partial charge in [0, 0.05) is 21.2 Å². The summed E-state index contributed by atoms with van der Waals surface area (Å²) in [5.74, 6) is 0.994. The van der Waals surface area contributed by atoms with Gasteiger partial charge < -0.3 is 5.73 Å². The molecule has 0 aliphatic heterocycles. The summed E-state index contributed by atoms with van der Waals surface area (Å²) in [5.41, 5.74) is 10.0. The first kappa shape index (κ1) is 16.6. The van der Waals surface area contributed by atoms with Gasteiger partial charge in [-0.3, -0.25) is 0 Å². The number of rotatable bonds is 6. The van der Waals surface area contributed by atoms with Crippen LogP contribution in [0.5, 0.6) is 0 Å². The number of hydrogen-bond acceptors (Lipinski definition) is 2. The zero-order valence-electron chi connectivity index (χ0n) is 12.6. The molecule has 0 saturated heterocycles. The molecule has 2 rings (SSSR count). The topological polar surface area (TPSA) is 26.0 Å². The summed E-state index contributed by atoms with van der Waals surface area (Å²) < 4.78 is 1.17. The van der Waals surface area contributed by atoms with Gasteiger partial charge in [-0.05, 0) is 59.0 Å². The molecule has 3 heteroatoms. The van der Waals surface area contributed by atoms with Crippen LogP contribution in [-0.4, -0.2) is 6.04 Å². The zero-order valence-corrected chi connectivity index (χ0v) is 15.0. The maximum Gasteiger partial charge on any atom is 0.0314 e. The van der Waals surface area contributed by atoms with Crippen LogP contribution in [-0.2, 0) is 12.2 Å². The molecule has 1 atom stereocenters. The number of benzene rings is 2. The largest absolute Gasteiger partial charge is 0.327 e. The number of nitrogens with two attached hydrogens (primary N) is 1. The molecule has 1 nitrogen and oxygen atoms in total. The third-order valence-corrected chi connectivity index (χ3v) is 5.56. The van der Waals surface area contributed by atoms with E-state index < -0.39 is 0 Å². The molecular weight excluding hydrogens is 342 g/mol. The van der Waals surface area contributed by atoms with Gasteiger partial charge in [-0.15, -0.1) is 11.8 Å². The fraction of sp³-hybridized carbons (Fsp3) is 0.333. The van der Waals surface area contributed by atoms with Crippen molar-refractivity contribution >= 4 is 27.7 Å². The highest BCUT2D eigenvalue weighted by molar-refractivity contribution is 9.10. The quantitative estimate of drug-likeness (QED) is 0.701. The van der Waals surface area contributed by atoms with Crippen molar-refractivity contribution in [3.63, 3.8) is 0 Å². The Kier molecular flexibility index (Phi) is 6.34. The van der Waals surface area contributed by atoms with E-state index in [9.17, 15) is 0 Å². The van der Waals surface area contributed by atoms with E-state index >= 15 is 0 Å². The van der Waals surface area contributed by atoms with Gasteiger partial charge in [-0.2, -0.15) is 0 Å². The lowest BCUT2D eigenvalue weighted by atomic mass is 10.1. The van der Waals surface area contributed by atoms with Crippen molar-refractivity contribution in [2.24, 2.45) is 5.73 Å². The highest BCUT2D eigenvalue weighted by Gasteiger charge is 2.06. The molecule has 0 radical (unpaired) electrons. The van der Waals surface area contributed by atoms with Gasteiger partial charge in [-0.1, -0.05) is 42.8 Å². The minimum absolute atomic E-state index is 0.252. The van der Waals surface area contributed by atoms with E-state index in [0.717, 1.165) is 18.6 Å². The summed E-state index contributed by atoms with van der Waals surface area (Å²) in [6, 6.07) is 15.5. The highest BCUT2D eigenvalue weighted by atomic mass is 79.9. The van der Waals surface area contributed by atoms with Gasteiger partial charge in [0.2, 0.25) is 0 Å². The Bertz CT molecular complexity index is 598. The molecule has 112 valence electrons. The van der Waals surface area contributed by atoms with E-state index in [4.69, 9.17) is 5.73 Å². The molecule has 2 aromatic carbocycles. The fourth-order valence-electron chi connectivity index (χ4n) is 2.20. The maximum absolute atomic E-state index is 6.02. The standard InChI is InChI=1S/C18H22BrNS/c1-3-16(20)10-14-7-8-18(17(19)11-14)21-12-15-6-4-5-13(2)9-15/h4-9,11,16H,3,10,12,20H2,1-2H3. The highest BCUT2D eigenvalue weighted by Crippen LogP contribution is 2.31. The van der Waals surface area contributed by atoms with E-state index in [1.165, 1.54) is 26.1 Å². The van der Waals surface area contributed by atoms with Crippen molar-refractivity contribution in [2.45, 2.75) is 43.4 Å². The minimum Gasteiger partial charge on any atom is -0.327 e. The van der Waals surface area contributed by atoms with Crippen molar-refractivity contribution in [1.82, 2.24) is 0 Å².